The van der Waals surface area contributed by atoms with Crippen molar-refractivity contribution < 1.29 is 4.74 Å². The monoisotopic (exact) mass is 597 g/mol. The van der Waals surface area contributed by atoms with Crippen molar-refractivity contribution in [2.75, 3.05) is 19.1 Å². The predicted molar refractivity (Wildman–Crippen MR) is 199 cm³/mol. The van der Waals surface area contributed by atoms with E-state index in [4.69, 9.17) is 4.74 Å². The summed E-state index contributed by atoms with van der Waals surface area (Å²) in [6.07, 6.45) is 19.7. The lowest BCUT2D eigenvalue weighted by Crippen LogP contribution is -2.09. The molecule has 2 heteroatoms. The molecule has 0 aromatic heterocycles. The summed E-state index contributed by atoms with van der Waals surface area (Å²) in [6, 6.07) is 31.9. The van der Waals surface area contributed by atoms with Gasteiger partial charge < -0.3 is 9.64 Å². The fourth-order valence-corrected chi connectivity index (χ4v) is 5.13. The molecule has 0 bridgehead atoms. The van der Waals surface area contributed by atoms with Crippen LogP contribution in [0.3, 0.4) is 0 Å². The van der Waals surface area contributed by atoms with Crippen molar-refractivity contribution in [2.45, 2.75) is 60.3 Å². The number of ether oxygens (including phenoxy) is 1. The molecule has 234 valence electrons. The number of benzene rings is 4. The molecule has 0 unspecified atom stereocenters. The van der Waals surface area contributed by atoms with Gasteiger partial charge in [0.25, 0.3) is 0 Å². The van der Waals surface area contributed by atoms with Gasteiger partial charge in [0, 0.05) is 18.4 Å². The van der Waals surface area contributed by atoms with Crippen LogP contribution in [-0.4, -0.2) is 14.2 Å². The quantitative estimate of drug-likeness (QED) is 0.148. The molecule has 0 atom stereocenters. The van der Waals surface area contributed by atoms with Crippen LogP contribution in [0.4, 0.5) is 11.4 Å². The van der Waals surface area contributed by atoms with Crippen molar-refractivity contribution in [2.24, 2.45) is 0 Å². The van der Waals surface area contributed by atoms with E-state index < -0.39 is 0 Å². The third-order valence-electron chi connectivity index (χ3n) is 7.90. The third kappa shape index (κ3) is 11.1. The van der Waals surface area contributed by atoms with Crippen LogP contribution in [0.25, 0.3) is 11.6 Å². The maximum absolute atomic E-state index is 5.24. The molecule has 1 aliphatic carbocycles. The van der Waals surface area contributed by atoms with E-state index in [2.05, 4.69) is 143 Å². The lowest BCUT2D eigenvalue weighted by atomic mass is 9.95. The Morgan fingerprint density at radius 1 is 0.844 bits per heavy atom. The van der Waals surface area contributed by atoms with Gasteiger partial charge in [-0.3, -0.25) is 0 Å². The average Bonchev–Trinajstić information content (AvgIpc) is 3.09. The molecule has 45 heavy (non-hydrogen) atoms. The number of aryl methyl sites for hydroxylation is 4. The summed E-state index contributed by atoms with van der Waals surface area (Å²) >= 11 is 0. The van der Waals surface area contributed by atoms with Crippen molar-refractivity contribution in [3.05, 3.63) is 161 Å². The molecule has 0 spiro atoms. The average molecular weight is 598 g/mol. The second kappa shape index (κ2) is 19.0. The van der Waals surface area contributed by atoms with E-state index in [0.29, 0.717) is 0 Å². The van der Waals surface area contributed by atoms with E-state index in [-0.39, 0.29) is 0 Å². The number of anilines is 2. The Balaban J connectivity index is 0.000000235. The first-order chi connectivity index (χ1) is 21.9. The number of allylic oxidation sites excluding steroid dienone is 7. The van der Waals surface area contributed by atoms with Crippen LogP contribution >= 0.6 is 0 Å². The Kier molecular flexibility index (Phi) is 14.7. The fourth-order valence-electron chi connectivity index (χ4n) is 5.13. The minimum absolute atomic E-state index is 0.872. The first-order valence-electron chi connectivity index (χ1n) is 16.1. The molecule has 0 aliphatic heterocycles. The van der Waals surface area contributed by atoms with Crippen LogP contribution in [0.5, 0.6) is 5.75 Å². The maximum atomic E-state index is 5.24. The van der Waals surface area contributed by atoms with Gasteiger partial charge in [0.05, 0.1) is 7.11 Å². The van der Waals surface area contributed by atoms with Crippen LogP contribution in [0.2, 0.25) is 0 Å². The lowest BCUT2D eigenvalue weighted by molar-refractivity contribution is 0.415. The summed E-state index contributed by atoms with van der Waals surface area (Å²) in [4.78, 5) is 2.19. The van der Waals surface area contributed by atoms with Gasteiger partial charge >= 0.3 is 0 Å². The van der Waals surface area contributed by atoms with E-state index in [0.717, 1.165) is 24.3 Å². The molecule has 5 rings (SSSR count). The minimum atomic E-state index is 0.872. The molecular weight excluding hydrogens is 546 g/mol. The van der Waals surface area contributed by atoms with Gasteiger partial charge in [-0.1, -0.05) is 110 Å². The number of nitrogens with zero attached hydrogens (tertiary/aromatic N) is 1. The number of hydrogen-bond acceptors (Lipinski definition) is 2. The highest BCUT2D eigenvalue weighted by Gasteiger charge is 2.09. The van der Waals surface area contributed by atoms with E-state index in [1.165, 1.54) is 57.5 Å². The maximum Gasteiger partial charge on any atom is 0.119 e. The Hall–Kier alpha value is -4.56. The first-order valence-corrected chi connectivity index (χ1v) is 16.1. The number of methoxy groups -OCH3 is 1. The van der Waals surface area contributed by atoms with Gasteiger partial charge in [0.1, 0.15) is 5.75 Å². The summed E-state index contributed by atoms with van der Waals surface area (Å²) in [6.45, 7) is 10.6. The molecule has 2 nitrogen and oxygen atoms in total. The minimum Gasteiger partial charge on any atom is -0.497 e. The van der Waals surface area contributed by atoms with Crippen LogP contribution < -0.4 is 9.64 Å². The van der Waals surface area contributed by atoms with Gasteiger partial charge in [-0.2, -0.15) is 0 Å². The van der Waals surface area contributed by atoms with Crippen molar-refractivity contribution in [1.29, 1.82) is 0 Å². The predicted octanol–water partition coefficient (Wildman–Crippen LogP) is 11.9. The Labute approximate surface area is 273 Å². The molecule has 0 saturated heterocycles. The fraction of sp³-hybridized carbons (Fsp3) is 0.256. The molecule has 4 aromatic carbocycles. The molecule has 0 fully saturated rings. The Morgan fingerprint density at radius 2 is 1.58 bits per heavy atom. The summed E-state index contributed by atoms with van der Waals surface area (Å²) in [5.41, 5.74) is 11.9. The summed E-state index contributed by atoms with van der Waals surface area (Å²) in [7, 11) is 3.78. The molecule has 0 heterocycles. The Bertz CT molecular complexity index is 1570. The highest BCUT2D eigenvalue weighted by molar-refractivity contribution is 5.74. The summed E-state index contributed by atoms with van der Waals surface area (Å²) < 4.78 is 5.24. The number of fused-ring (bicyclic) bond motifs is 1. The van der Waals surface area contributed by atoms with Crippen molar-refractivity contribution in [3.8, 4) is 5.75 Å². The van der Waals surface area contributed by atoms with Crippen LogP contribution in [0.1, 0.15) is 67.0 Å². The molecule has 4 aromatic rings. The van der Waals surface area contributed by atoms with Gasteiger partial charge in [-0.25, -0.2) is 0 Å². The van der Waals surface area contributed by atoms with Gasteiger partial charge in [-0.15, -0.1) is 0 Å². The van der Waals surface area contributed by atoms with Gasteiger partial charge in [0.2, 0.25) is 0 Å². The topological polar surface area (TPSA) is 12.5 Å². The lowest BCUT2D eigenvalue weighted by Gasteiger charge is -2.21. The smallest absolute Gasteiger partial charge is 0.119 e. The van der Waals surface area contributed by atoms with E-state index in [1.54, 1.807) is 7.11 Å². The molecular formula is C43H51NO. The second-order valence-corrected chi connectivity index (χ2v) is 11.2. The number of hydrogen-bond donors (Lipinski definition) is 0. The van der Waals surface area contributed by atoms with Gasteiger partial charge in [-0.05, 0) is 123 Å². The van der Waals surface area contributed by atoms with Crippen molar-refractivity contribution in [3.63, 3.8) is 0 Å². The van der Waals surface area contributed by atoms with E-state index in [1.807, 2.05) is 37.3 Å². The molecule has 0 radical (unpaired) electrons. The highest BCUT2D eigenvalue weighted by atomic mass is 16.5. The van der Waals surface area contributed by atoms with E-state index in [9.17, 15) is 0 Å². The van der Waals surface area contributed by atoms with Crippen LogP contribution in [-0.2, 0) is 12.8 Å². The SMILES string of the molecule is C/C=C\C/C(=C\C=C\C)c1ccc(N(C)c2ccc(OC)cc2)cc1C.CCc1ccc2c(c1)C=CCC2.Cc1ccccc1. The normalized spacial score (nSPS) is 12.2. The summed E-state index contributed by atoms with van der Waals surface area (Å²) in [5, 5.41) is 0. The van der Waals surface area contributed by atoms with Gasteiger partial charge in [0.15, 0.2) is 0 Å². The molecule has 1 aliphatic rings. The zero-order valence-corrected chi connectivity index (χ0v) is 28.4. The molecule has 0 amide bonds. The van der Waals surface area contributed by atoms with Crippen LogP contribution in [0, 0.1) is 13.8 Å². The Morgan fingerprint density at radius 3 is 2.18 bits per heavy atom. The van der Waals surface area contributed by atoms with Crippen molar-refractivity contribution >= 4 is 23.0 Å². The largest absolute Gasteiger partial charge is 0.497 e. The van der Waals surface area contributed by atoms with Crippen molar-refractivity contribution in [1.82, 2.24) is 0 Å². The summed E-state index contributed by atoms with van der Waals surface area (Å²) in [5.74, 6) is 0.872. The highest BCUT2D eigenvalue weighted by Crippen LogP contribution is 2.30. The molecule has 0 N–H and O–H groups in total. The van der Waals surface area contributed by atoms with Crippen LogP contribution in [0.15, 0.2) is 127 Å². The standard InChI is InChI=1S/C24H29NO.C12H14.C7H8/c1-6-8-10-20(11-9-7-2)24-17-14-22(18-19(24)3)25(4)21-12-15-23(26-5)16-13-21;1-2-10-7-8-11-5-3-4-6-12(11)9-10;1-7-5-3-2-4-6-7/h6-10,12-18H,11H2,1-5H3;4,6-9H,2-3,5H2,1H3;2-6H,1H3/b8-6+,9-7-,20-10+;;. The first kappa shape index (κ1) is 34.9. The second-order valence-electron chi connectivity index (χ2n) is 11.2. The zero-order chi connectivity index (χ0) is 32.4. The van der Waals surface area contributed by atoms with E-state index >= 15 is 0 Å². The number of rotatable bonds is 8. The third-order valence-corrected chi connectivity index (χ3v) is 7.90. The zero-order valence-electron chi connectivity index (χ0n) is 28.4. The molecule has 0 saturated carbocycles.